The number of nitrogens with zero attached hydrogens (tertiary/aromatic N) is 3. The molecule has 1 unspecified atom stereocenters. The molecule has 1 aromatic rings. The first kappa shape index (κ1) is 16.6. The van der Waals surface area contributed by atoms with Gasteiger partial charge in [-0.2, -0.15) is 0 Å². The number of aldehydes is 1. The van der Waals surface area contributed by atoms with Gasteiger partial charge in [0.2, 0.25) is 5.91 Å². The van der Waals surface area contributed by atoms with Crippen molar-refractivity contribution in [2.45, 2.75) is 19.0 Å². The summed E-state index contributed by atoms with van der Waals surface area (Å²) in [6, 6.07) is 3.28. The van der Waals surface area contributed by atoms with Gasteiger partial charge in [0, 0.05) is 39.6 Å². The van der Waals surface area contributed by atoms with Gasteiger partial charge in [-0.1, -0.05) is 0 Å². The van der Waals surface area contributed by atoms with E-state index in [1.54, 1.807) is 6.07 Å². The second kappa shape index (κ2) is 6.68. The van der Waals surface area contributed by atoms with Crippen LogP contribution in [0.4, 0.5) is 11.4 Å². The molecule has 1 atom stereocenters. The number of hydrogen-bond acceptors (Lipinski definition) is 6. The SMILES string of the molecule is CN1CCN(C(=O)CCC2Nc3ccc(O)c(C=O)c3N2C)CC1. The summed E-state index contributed by atoms with van der Waals surface area (Å²) in [5, 5.41) is 13.2. The second-order valence-electron chi connectivity index (χ2n) is 6.51. The van der Waals surface area contributed by atoms with Crippen LogP contribution < -0.4 is 10.2 Å². The molecule has 0 spiro atoms. The zero-order chi connectivity index (χ0) is 17.3. The molecule has 0 radical (unpaired) electrons. The van der Waals surface area contributed by atoms with Crippen LogP contribution in [-0.2, 0) is 4.79 Å². The third kappa shape index (κ3) is 3.03. The fraction of sp³-hybridized carbons (Fsp3) is 0.529. The zero-order valence-corrected chi connectivity index (χ0v) is 14.2. The maximum absolute atomic E-state index is 12.4. The van der Waals surface area contributed by atoms with Crippen molar-refractivity contribution in [3.8, 4) is 5.75 Å². The van der Waals surface area contributed by atoms with Gasteiger partial charge in [0.25, 0.3) is 0 Å². The summed E-state index contributed by atoms with van der Waals surface area (Å²) in [4.78, 5) is 29.7. The van der Waals surface area contributed by atoms with Crippen molar-refractivity contribution in [1.29, 1.82) is 0 Å². The molecule has 0 bridgehead atoms. The molecule has 0 aliphatic carbocycles. The lowest BCUT2D eigenvalue weighted by Crippen LogP contribution is -2.47. The third-order valence-corrected chi connectivity index (χ3v) is 4.94. The van der Waals surface area contributed by atoms with Crippen LogP contribution in [0.1, 0.15) is 23.2 Å². The smallest absolute Gasteiger partial charge is 0.222 e. The van der Waals surface area contributed by atoms with E-state index in [-0.39, 0.29) is 23.4 Å². The summed E-state index contributed by atoms with van der Waals surface area (Å²) in [6.45, 7) is 3.40. The van der Waals surface area contributed by atoms with E-state index < -0.39 is 0 Å². The van der Waals surface area contributed by atoms with Crippen LogP contribution in [0.25, 0.3) is 0 Å². The maximum atomic E-state index is 12.4. The quantitative estimate of drug-likeness (QED) is 0.631. The summed E-state index contributed by atoms with van der Waals surface area (Å²) in [6.07, 6.45) is 1.72. The number of nitrogens with one attached hydrogen (secondary N) is 1. The van der Waals surface area contributed by atoms with E-state index in [2.05, 4.69) is 17.3 Å². The average Bonchev–Trinajstić information content (AvgIpc) is 2.90. The van der Waals surface area contributed by atoms with Gasteiger partial charge in [-0.25, -0.2) is 0 Å². The number of hydrogen-bond donors (Lipinski definition) is 2. The van der Waals surface area contributed by atoms with E-state index in [4.69, 9.17) is 0 Å². The minimum atomic E-state index is -0.0584. The fourth-order valence-corrected chi connectivity index (χ4v) is 3.38. The molecule has 7 nitrogen and oxygen atoms in total. The number of likely N-dealkylation sites (N-methyl/N-ethyl adjacent to an activating group) is 1. The van der Waals surface area contributed by atoms with E-state index in [0.29, 0.717) is 24.8 Å². The molecule has 24 heavy (non-hydrogen) atoms. The van der Waals surface area contributed by atoms with E-state index in [1.807, 2.05) is 16.8 Å². The largest absolute Gasteiger partial charge is 0.507 e. The number of benzene rings is 1. The monoisotopic (exact) mass is 332 g/mol. The van der Waals surface area contributed by atoms with Crippen LogP contribution in [0.2, 0.25) is 0 Å². The summed E-state index contributed by atoms with van der Waals surface area (Å²) < 4.78 is 0. The Labute approximate surface area is 141 Å². The van der Waals surface area contributed by atoms with Crippen LogP contribution in [0.15, 0.2) is 12.1 Å². The van der Waals surface area contributed by atoms with Gasteiger partial charge in [0.05, 0.1) is 23.1 Å². The highest BCUT2D eigenvalue weighted by molar-refractivity contribution is 5.96. The van der Waals surface area contributed by atoms with Crippen LogP contribution in [0.3, 0.4) is 0 Å². The summed E-state index contributed by atoms with van der Waals surface area (Å²) in [7, 11) is 3.94. The third-order valence-electron chi connectivity index (χ3n) is 4.94. The Morgan fingerprint density at radius 1 is 1.29 bits per heavy atom. The van der Waals surface area contributed by atoms with E-state index in [9.17, 15) is 14.7 Å². The Kier molecular flexibility index (Phi) is 4.62. The number of carbonyl (C=O) groups is 2. The lowest BCUT2D eigenvalue weighted by atomic mass is 10.1. The summed E-state index contributed by atoms with van der Waals surface area (Å²) in [5.41, 5.74) is 1.80. The molecule has 1 fully saturated rings. The molecule has 1 amide bonds. The zero-order valence-electron chi connectivity index (χ0n) is 14.2. The Hall–Kier alpha value is -2.28. The molecule has 0 saturated carbocycles. The highest BCUT2D eigenvalue weighted by atomic mass is 16.3. The van der Waals surface area contributed by atoms with Crippen molar-refractivity contribution in [3.05, 3.63) is 17.7 Å². The van der Waals surface area contributed by atoms with E-state index in [0.717, 1.165) is 31.9 Å². The van der Waals surface area contributed by atoms with Gasteiger partial charge in [-0.05, 0) is 25.6 Å². The molecular formula is C17H24N4O3. The number of carbonyl (C=O) groups excluding carboxylic acids is 2. The number of aromatic hydroxyl groups is 1. The Morgan fingerprint density at radius 3 is 2.67 bits per heavy atom. The van der Waals surface area contributed by atoms with Crippen molar-refractivity contribution >= 4 is 23.6 Å². The Morgan fingerprint density at radius 2 is 2.00 bits per heavy atom. The number of amides is 1. The fourth-order valence-electron chi connectivity index (χ4n) is 3.38. The standard InChI is InChI=1S/C17H24N4O3/c1-19-7-9-21(10-8-19)16(24)6-5-15-18-13-3-4-14(23)12(11-22)17(13)20(15)2/h3-4,11,15,18,23H,5-10H2,1-2H3. The number of phenolic OH excluding ortho intramolecular Hbond substituents is 1. The van der Waals surface area contributed by atoms with Gasteiger partial charge in [0.15, 0.2) is 6.29 Å². The first-order valence-corrected chi connectivity index (χ1v) is 8.28. The predicted molar refractivity (Wildman–Crippen MR) is 92.6 cm³/mol. The van der Waals surface area contributed by atoms with Crippen molar-refractivity contribution in [2.24, 2.45) is 0 Å². The average molecular weight is 332 g/mol. The predicted octanol–water partition coefficient (Wildman–Crippen LogP) is 0.947. The molecule has 3 rings (SSSR count). The summed E-state index contributed by atoms with van der Waals surface area (Å²) >= 11 is 0. The Bertz CT molecular complexity index is 641. The molecule has 7 heteroatoms. The Balaban J connectivity index is 1.61. The summed E-state index contributed by atoms with van der Waals surface area (Å²) in [5.74, 6) is 0.152. The molecule has 2 heterocycles. The minimum absolute atomic E-state index is 0.0217. The van der Waals surface area contributed by atoms with Crippen molar-refractivity contribution < 1.29 is 14.7 Å². The molecule has 2 N–H and O–H groups in total. The van der Waals surface area contributed by atoms with Crippen molar-refractivity contribution in [1.82, 2.24) is 9.80 Å². The van der Waals surface area contributed by atoms with Crippen LogP contribution >= 0.6 is 0 Å². The van der Waals surface area contributed by atoms with Gasteiger partial charge in [-0.3, -0.25) is 9.59 Å². The first-order valence-electron chi connectivity index (χ1n) is 8.28. The minimum Gasteiger partial charge on any atom is -0.507 e. The van der Waals surface area contributed by atoms with Crippen LogP contribution in [0, 0.1) is 0 Å². The number of fused-ring (bicyclic) bond motifs is 1. The van der Waals surface area contributed by atoms with Crippen molar-refractivity contribution in [2.75, 3.05) is 50.5 Å². The van der Waals surface area contributed by atoms with Crippen LogP contribution in [-0.4, -0.2) is 73.5 Å². The van der Waals surface area contributed by atoms with Gasteiger partial charge < -0.3 is 25.1 Å². The van der Waals surface area contributed by atoms with Gasteiger partial charge >= 0.3 is 0 Å². The molecule has 2 aliphatic rings. The number of rotatable bonds is 4. The molecule has 2 aliphatic heterocycles. The molecule has 0 aromatic heterocycles. The normalized spacial score (nSPS) is 20.7. The topological polar surface area (TPSA) is 76.1 Å². The first-order chi connectivity index (χ1) is 11.5. The highest BCUT2D eigenvalue weighted by Gasteiger charge is 2.30. The number of anilines is 2. The maximum Gasteiger partial charge on any atom is 0.222 e. The number of piperazine rings is 1. The van der Waals surface area contributed by atoms with Gasteiger partial charge in [-0.15, -0.1) is 0 Å². The van der Waals surface area contributed by atoms with Crippen molar-refractivity contribution in [3.63, 3.8) is 0 Å². The highest BCUT2D eigenvalue weighted by Crippen LogP contribution is 2.40. The molecular weight excluding hydrogens is 308 g/mol. The van der Waals surface area contributed by atoms with Gasteiger partial charge in [0.1, 0.15) is 5.75 Å². The van der Waals surface area contributed by atoms with E-state index >= 15 is 0 Å². The lowest BCUT2D eigenvalue weighted by Gasteiger charge is -2.33. The molecule has 130 valence electrons. The lowest BCUT2D eigenvalue weighted by molar-refractivity contribution is -0.132. The van der Waals surface area contributed by atoms with Crippen LogP contribution in [0.5, 0.6) is 5.75 Å². The second-order valence-corrected chi connectivity index (χ2v) is 6.51. The number of phenols is 1. The molecule has 1 aromatic carbocycles. The van der Waals surface area contributed by atoms with E-state index in [1.165, 1.54) is 6.07 Å². The molecule has 1 saturated heterocycles.